The lowest BCUT2D eigenvalue weighted by molar-refractivity contribution is -0.132. The minimum atomic E-state index is -1.06. The highest BCUT2D eigenvalue weighted by molar-refractivity contribution is 7.22. The number of hydrogen-bond donors (Lipinski definition) is 1. The molecular weight excluding hydrogens is 486 g/mol. The van der Waals surface area contributed by atoms with E-state index >= 15 is 0 Å². The summed E-state index contributed by atoms with van der Waals surface area (Å²) in [4.78, 5) is 32.3. The maximum absolute atomic E-state index is 13.8. The third-order valence-corrected chi connectivity index (χ3v) is 7.36. The molecule has 1 saturated heterocycles. The number of carbonyl (C=O) groups excluding carboxylic acids is 2. The van der Waals surface area contributed by atoms with Gasteiger partial charge in [-0.05, 0) is 66.6 Å². The Morgan fingerprint density at radius 3 is 2.58 bits per heavy atom. The van der Waals surface area contributed by atoms with Crippen LogP contribution in [0.15, 0.2) is 66.2 Å². The molecule has 2 aliphatic heterocycles. The Hall–Kier alpha value is -4.11. The molecule has 6 nitrogen and oxygen atoms in total. The van der Waals surface area contributed by atoms with E-state index in [1.807, 2.05) is 6.92 Å². The predicted octanol–water partition coefficient (Wildman–Crippen LogP) is 5.52. The first-order chi connectivity index (χ1) is 17.3. The van der Waals surface area contributed by atoms with Crippen molar-refractivity contribution in [3.05, 3.63) is 94.6 Å². The maximum atomic E-state index is 13.8. The van der Waals surface area contributed by atoms with Gasteiger partial charge in [-0.3, -0.25) is 14.5 Å². The number of nitrogens with zero attached hydrogens (tertiary/aromatic N) is 2. The average Bonchev–Trinajstić information content (AvgIpc) is 3.51. The van der Waals surface area contributed by atoms with Crippen LogP contribution in [0.3, 0.4) is 0 Å². The van der Waals surface area contributed by atoms with Gasteiger partial charge in [0.15, 0.2) is 5.13 Å². The van der Waals surface area contributed by atoms with Gasteiger partial charge in [-0.2, -0.15) is 0 Å². The van der Waals surface area contributed by atoms with Gasteiger partial charge in [0.25, 0.3) is 5.78 Å². The lowest BCUT2D eigenvalue weighted by atomic mass is 9.94. The summed E-state index contributed by atoms with van der Waals surface area (Å²) in [5.41, 5.74) is 1.99. The highest BCUT2D eigenvalue weighted by atomic mass is 32.1. The molecule has 1 amide bonds. The van der Waals surface area contributed by atoms with Crippen LogP contribution in [0.25, 0.3) is 16.0 Å². The fraction of sp³-hybridized carbons (Fsp3) is 0.148. The fourth-order valence-electron chi connectivity index (χ4n) is 4.70. The summed E-state index contributed by atoms with van der Waals surface area (Å²) < 4.78 is 33.7. The van der Waals surface area contributed by atoms with Crippen LogP contribution in [-0.4, -0.2) is 27.9 Å². The average molecular weight is 505 g/mol. The Bertz CT molecular complexity index is 1600. The summed E-state index contributed by atoms with van der Waals surface area (Å²) in [5, 5.41) is 11.5. The van der Waals surface area contributed by atoms with Crippen LogP contribution in [0.4, 0.5) is 13.9 Å². The number of thiazole rings is 1. The normalized spacial score (nSPS) is 20.7. The molecule has 9 heteroatoms. The van der Waals surface area contributed by atoms with Crippen molar-refractivity contribution in [1.29, 1.82) is 0 Å². The van der Waals surface area contributed by atoms with Crippen LogP contribution in [0.2, 0.25) is 0 Å². The van der Waals surface area contributed by atoms with Crippen molar-refractivity contribution < 1.29 is 28.2 Å². The second-order valence-electron chi connectivity index (χ2n) is 8.78. The van der Waals surface area contributed by atoms with E-state index in [0.717, 1.165) is 16.9 Å². The number of rotatable bonds is 3. The van der Waals surface area contributed by atoms with Gasteiger partial charge in [0, 0.05) is 12.0 Å². The van der Waals surface area contributed by atoms with E-state index < -0.39 is 29.4 Å². The number of Topliss-reactive ketones (excluding diaryl/α,β-unsaturated/α-hetero) is 1. The van der Waals surface area contributed by atoms with E-state index in [0.29, 0.717) is 33.5 Å². The standard InChI is InChI=1S/C27H18F2N2O4S/c1-13-10-16-11-15(4-9-20(16)35-13)24(32)22-23(14-2-5-17(28)6-3-14)31(26(34)25(22)33)27-30-19-8-7-18(29)12-21(19)36-27/h2-9,11-13,23,32H,10H2,1H3/t13-,23+/m0/s1. The van der Waals surface area contributed by atoms with Gasteiger partial charge in [0.05, 0.1) is 21.8 Å². The molecule has 0 bridgehead atoms. The number of carbonyl (C=O) groups is 2. The van der Waals surface area contributed by atoms with Crippen molar-refractivity contribution in [2.75, 3.05) is 4.90 Å². The summed E-state index contributed by atoms with van der Waals surface area (Å²) in [5.74, 6) is -2.36. The zero-order chi connectivity index (χ0) is 25.1. The third-order valence-electron chi connectivity index (χ3n) is 6.34. The molecule has 1 fully saturated rings. The lowest BCUT2D eigenvalue weighted by Crippen LogP contribution is -2.29. The molecule has 0 radical (unpaired) electrons. The summed E-state index contributed by atoms with van der Waals surface area (Å²) in [7, 11) is 0. The molecule has 6 rings (SSSR count). The smallest absolute Gasteiger partial charge is 0.301 e. The van der Waals surface area contributed by atoms with Crippen molar-refractivity contribution >= 4 is 44.1 Å². The number of aromatic nitrogens is 1. The highest BCUT2D eigenvalue weighted by Crippen LogP contribution is 2.45. The van der Waals surface area contributed by atoms with Gasteiger partial charge in [0.1, 0.15) is 29.2 Å². The van der Waals surface area contributed by atoms with Gasteiger partial charge < -0.3 is 9.84 Å². The van der Waals surface area contributed by atoms with E-state index in [2.05, 4.69) is 4.98 Å². The number of aliphatic hydroxyl groups excluding tert-OH is 1. The summed E-state index contributed by atoms with van der Waals surface area (Å²) >= 11 is 1.05. The van der Waals surface area contributed by atoms with Crippen LogP contribution in [0.5, 0.6) is 5.75 Å². The second-order valence-corrected chi connectivity index (χ2v) is 9.79. The zero-order valence-corrected chi connectivity index (χ0v) is 19.7. The molecule has 36 heavy (non-hydrogen) atoms. The fourth-order valence-corrected chi connectivity index (χ4v) is 5.72. The number of anilines is 1. The Labute approximate surface area is 208 Å². The lowest BCUT2D eigenvalue weighted by Gasteiger charge is -2.23. The first-order valence-corrected chi connectivity index (χ1v) is 12.0. The van der Waals surface area contributed by atoms with Crippen LogP contribution >= 0.6 is 11.3 Å². The second kappa shape index (κ2) is 8.23. The molecule has 2 aliphatic rings. The van der Waals surface area contributed by atoms with Crippen molar-refractivity contribution in [3.8, 4) is 5.75 Å². The largest absolute Gasteiger partial charge is 0.507 e. The van der Waals surface area contributed by atoms with Crippen LogP contribution in [-0.2, 0) is 16.0 Å². The summed E-state index contributed by atoms with van der Waals surface area (Å²) in [6.07, 6.45) is 0.639. The zero-order valence-electron chi connectivity index (χ0n) is 18.9. The van der Waals surface area contributed by atoms with Gasteiger partial charge in [-0.1, -0.05) is 23.5 Å². The molecule has 3 aromatic carbocycles. The maximum Gasteiger partial charge on any atom is 0.301 e. The van der Waals surface area contributed by atoms with E-state index in [1.54, 1.807) is 18.2 Å². The molecule has 0 aliphatic carbocycles. The van der Waals surface area contributed by atoms with E-state index in [9.17, 15) is 23.5 Å². The number of hydrogen-bond acceptors (Lipinski definition) is 6. The first-order valence-electron chi connectivity index (χ1n) is 11.2. The van der Waals surface area contributed by atoms with Gasteiger partial charge in [0.2, 0.25) is 0 Å². The topological polar surface area (TPSA) is 79.7 Å². The molecule has 1 aromatic heterocycles. The van der Waals surface area contributed by atoms with Crippen molar-refractivity contribution in [3.63, 3.8) is 0 Å². The molecule has 0 spiro atoms. The first kappa shape index (κ1) is 22.4. The number of amides is 1. The molecule has 0 unspecified atom stereocenters. The van der Waals surface area contributed by atoms with Gasteiger partial charge in [-0.25, -0.2) is 13.8 Å². The number of halogens is 2. The Morgan fingerprint density at radius 2 is 1.81 bits per heavy atom. The van der Waals surface area contributed by atoms with Crippen molar-refractivity contribution in [2.24, 2.45) is 0 Å². The van der Waals surface area contributed by atoms with Crippen molar-refractivity contribution in [2.45, 2.75) is 25.5 Å². The van der Waals surface area contributed by atoms with Gasteiger partial charge in [-0.15, -0.1) is 0 Å². The summed E-state index contributed by atoms with van der Waals surface area (Å²) in [6, 6.07) is 13.4. The predicted molar refractivity (Wildman–Crippen MR) is 131 cm³/mol. The molecule has 0 saturated carbocycles. The van der Waals surface area contributed by atoms with Crippen LogP contribution < -0.4 is 9.64 Å². The van der Waals surface area contributed by atoms with E-state index in [1.165, 1.54) is 47.4 Å². The van der Waals surface area contributed by atoms with E-state index in [-0.39, 0.29) is 22.6 Å². The number of aliphatic hydroxyl groups is 1. The molecular formula is C27H18F2N2O4S. The monoisotopic (exact) mass is 504 g/mol. The van der Waals surface area contributed by atoms with Crippen LogP contribution in [0, 0.1) is 11.6 Å². The number of fused-ring (bicyclic) bond motifs is 2. The number of ketones is 1. The van der Waals surface area contributed by atoms with Crippen LogP contribution in [0.1, 0.15) is 29.7 Å². The van der Waals surface area contributed by atoms with Crippen molar-refractivity contribution in [1.82, 2.24) is 4.98 Å². The Kier molecular flexibility index (Phi) is 5.11. The SMILES string of the molecule is C[C@H]1Cc2cc(C(O)=C3C(=O)C(=O)N(c4nc5ccc(F)cc5s4)[C@@H]3c3ccc(F)cc3)ccc2O1. The van der Waals surface area contributed by atoms with Gasteiger partial charge >= 0.3 is 5.91 Å². The Morgan fingerprint density at radius 1 is 1.06 bits per heavy atom. The molecule has 1 N–H and O–H groups in total. The highest BCUT2D eigenvalue weighted by Gasteiger charge is 2.48. The molecule has 180 valence electrons. The quantitative estimate of drug-likeness (QED) is 0.226. The molecule has 3 heterocycles. The number of ether oxygens (including phenoxy) is 1. The van der Waals surface area contributed by atoms with E-state index in [4.69, 9.17) is 4.74 Å². The number of benzene rings is 3. The third kappa shape index (κ3) is 3.54. The Balaban J connectivity index is 1.53. The minimum Gasteiger partial charge on any atom is -0.507 e. The molecule has 4 aromatic rings. The summed E-state index contributed by atoms with van der Waals surface area (Å²) in [6.45, 7) is 1.93. The minimum absolute atomic E-state index is 0.00827. The molecule has 2 atom stereocenters.